The average molecular weight is 412 g/mol. The zero-order valence-corrected chi connectivity index (χ0v) is 15.8. The lowest BCUT2D eigenvalue weighted by Crippen LogP contribution is -2.30. The van der Waals surface area contributed by atoms with Gasteiger partial charge in [0.15, 0.2) is 17.1 Å². The van der Waals surface area contributed by atoms with Gasteiger partial charge in [-0.2, -0.15) is 9.61 Å². The number of hydrogen-bond acceptors (Lipinski definition) is 5. The lowest BCUT2D eigenvalue weighted by molar-refractivity contribution is 0.621. The Labute approximate surface area is 168 Å². The minimum Gasteiger partial charge on any atom is -0.386 e. The second-order valence-corrected chi connectivity index (χ2v) is 7.35. The smallest absolute Gasteiger partial charge is 0.263 e. The molecule has 0 unspecified atom stereocenters. The van der Waals surface area contributed by atoms with Gasteiger partial charge in [0.1, 0.15) is 16.7 Å². The van der Waals surface area contributed by atoms with Crippen LogP contribution in [0.25, 0.3) is 16.7 Å². The van der Waals surface area contributed by atoms with Crippen LogP contribution in [0.15, 0.2) is 46.4 Å². The molecule has 4 aromatic heterocycles. The summed E-state index contributed by atoms with van der Waals surface area (Å²) in [5.74, 6) is 0.323. The maximum Gasteiger partial charge on any atom is 0.263 e. The first kappa shape index (κ1) is 17.7. The molecule has 1 aliphatic carbocycles. The van der Waals surface area contributed by atoms with E-state index in [1.165, 1.54) is 22.9 Å². The minimum absolute atomic E-state index is 0.0346. The van der Waals surface area contributed by atoms with Crippen LogP contribution in [-0.4, -0.2) is 30.0 Å². The average Bonchev–Trinajstić information content (AvgIpc) is 3.49. The largest absolute Gasteiger partial charge is 0.386 e. The van der Waals surface area contributed by atoms with E-state index >= 15 is 0 Å². The standard InChI is InChI=1S/C19H15ClFN7O/c20-13-8-24-28-17-12(4-5-14(25-17)10-1-2-10)19(29)27(18(13)28)9-15(22)26-16-6-3-11(21)7-23-16/h3-8,10H,1-2,9H2,(H2,22,23,26). The van der Waals surface area contributed by atoms with E-state index in [0.29, 0.717) is 27.6 Å². The summed E-state index contributed by atoms with van der Waals surface area (Å²) in [6.07, 6.45) is 4.71. The fourth-order valence-electron chi connectivity index (χ4n) is 3.29. The summed E-state index contributed by atoms with van der Waals surface area (Å²) < 4.78 is 16.0. The minimum atomic E-state index is -0.473. The van der Waals surface area contributed by atoms with Crippen LogP contribution in [0.2, 0.25) is 5.02 Å². The number of pyridine rings is 2. The molecule has 0 radical (unpaired) electrons. The number of halogens is 2. The Bertz CT molecular complexity index is 1340. The van der Waals surface area contributed by atoms with E-state index in [1.54, 1.807) is 10.6 Å². The second kappa shape index (κ2) is 6.63. The lowest BCUT2D eigenvalue weighted by atomic mass is 10.2. The highest BCUT2D eigenvalue weighted by molar-refractivity contribution is 6.33. The van der Waals surface area contributed by atoms with E-state index in [-0.39, 0.29) is 23.8 Å². The van der Waals surface area contributed by atoms with E-state index in [2.05, 4.69) is 20.1 Å². The highest BCUT2D eigenvalue weighted by Crippen LogP contribution is 2.39. The van der Waals surface area contributed by atoms with Crippen LogP contribution >= 0.6 is 11.6 Å². The third kappa shape index (κ3) is 3.13. The first-order valence-electron chi connectivity index (χ1n) is 9.02. The molecule has 146 valence electrons. The number of hydrogen-bond donors (Lipinski definition) is 1. The molecule has 0 spiro atoms. The van der Waals surface area contributed by atoms with Gasteiger partial charge in [0.05, 0.1) is 24.3 Å². The summed E-state index contributed by atoms with van der Waals surface area (Å²) in [4.78, 5) is 25.8. The van der Waals surface area contributed by atoms with Crippen molar-refractivity contribution in [1.29, 1.82) is 0 Å². The molecular weight excluding hydrogens is 397 g/mol. The van der Waals surface area contributed by atoms with E-state index < -0.39 is 5.82 Å². The zero-order valence-electron chi connectivity index (χ0n) is 15.1. The fraction of sp³-hybridized carbons (Fsp3) is 0.211. The molecule has 0 amide bonds. The summed E-state index contributed by atoms with van der Waals surface area (Å²) in [7, 11) is 0. The molecular formula is C19H15ClFN7O. The molecule has 0 aliphatic heterocycles. The number of fused-ring (bicyclic) bond motifs is 3. The maximum absolute atomic E-state index is 13.2. The molecule has 1 saturated carbocycles. The Kier molecular flexibility index (Phi) is 4.06. The summed E-state index contributed by atoms with van der Waals surface area (Å²) >= 11 is 6.32. The van der Waals surface area contributed by atoms with Crippen molar-refractivity contribution in [3.63, 3.8) is 0 Å². The van der Waals surface area contributed by atoms with Crippen LogP contribution in [0.4, 0.5) is 10.2 Å². The second-order valence-electron chi connectivity index (χ2n) is 6.94. The predicted molar refractivity (Wildman–Crippen MR) is 107 cm³/mol. The monoisotopic (exact) mass is 411 g/mol. The number of amidine groups is 1. The van der Waals surface area contributed by atoms with Crippen LogP contribution in [0.1, 0.15) is 24.5 Å². The van der Waals surface area contributed by atoms with Crippen molar-refractivity contribution in [2.24, 2.45) is 10.7 Å². The third-order valence-electron chi connectivity index (χ3n) is 4.81. The molecule has 29 heavy (non-hydrogen) atoms. The van der Waals surface area contributed by atoms with Crippen molar-refractivity contribution < 1.29 is 4.39 Å². The SMILES string of the molecule is NC(Cn1c(=O)c2ccc(C3CC3)nc2n2ncc(Cl)c12)=Nc1ccc(F)cn1. The van der Waals surface area contributed by atoms with E-state index in [1.807, 2.05) is 6.07 Å². The van der Waals surface area contributed by atoms with E-state index in [0.717, 1.165) is 24.7 Å². The molecule has 5 rings (SSSR count). The zero-order chi connectivity index (χ0) is 20.1. The van der Waals surface area contributed by atoms with Crippen LogP contribution in [-0.2, 0) is 6.54 Å². The van der Waals surface area contributed by atoms with E-state index in [9.17, 15) is 9.18 Å². The normalized spacial score (nSPS) is 14.8. The van der Waals surface area contributed by atoms with Gasteiger partial charge in [-0.15, -0.1) is 0 Å². The molecule has 1 fully saturated rings. The highest BCUT2D eigenvalue weighted by atomic mass is 35.5. The first-order valence-corrected chi connectivity index (χ1v) is 9.40. The van der Waals surface area contributed by atoms with Gasteiger partial charge in [0.25, 0.3) is 5.56 Å². The summed E-state index contributed by atoms with van der Waals surface area (Å²) in [6, 6.07) is 6.27. The molecule has 0 saturated heterocycles. The fourth-order valence-corrected chi connectivity index (χ4v) is 3.51. The molecule has 4 heterocycles. The summed E-state index contributed by atoms with van der Waals surface area (Å²) in [5.41, 5.74) is 7.54. The number of nitrogens with zero attached hydrogens (tertiary/aromatic N) is 6. The molecule has 4 aromatic rings. The molecule has 2 N–H and O–H groups in total. The predicted octanol–water partition coefficient (Wildman–Crippen LogP) is 2.80. The van der Waals surface area contributed by atoms with Crippen molar-refractivity contribution in [2.45, 2.75) is 25.3 Å². The number of nitrogens with two attached hydrogens (primary N) is 1. The van der Waals surface area contributed by atoms with Crippen molar-refractivity contribution in [3.05, 3.63) is 63.5 Å². The number of aliphatic imine (C=N–C) groups is 1. The van der Waals surface area contributed by atoms with Gasteiger partial charge in [0.2, 0.25) is 0 Å². The molecule has 0 bridgehead atoms. The molecule has 1 aliphatic rings. The summed E-state index contributed by atoms with van der Waals surface area (Å²) in [5, 5.41) is 5.01. The van der Waals surface area contributed by atoms with Crippen LogP contribution < -0.4 is 11.3 Å². The van der Waals surface area contributed by atoms with Crippen LogP contribution in [0, 0.1) is 5.82 Å². The third-order valence-corrected chi connectivity index (χ3v) is 5.08. The van der Waals surface area contributed by atoms with Crippen LogP contribution in [0.5, 0.6) is 0 Å². The van der Waals surface area contributed by atoms with Gasteiger partial charge in [-0.25, -0.2) is 19.4 Å². The topological polar surface area (TPSA) is 103 Å². The molecule has 8 nitrogen and oxygen atoms in total. The Morgan fingerprint density at radius 3 is 2.83 bits per heavy atom. The van der Waals surface area contributed by atoms with E-state index in [4.69, 9.17) is 17.3 Å². The Morgan fingerprint density at radius 1 is 1.28 bits per heavy atom. The first-order chi connectivity index (χ1) is 14.0. The van der Waals surface area contributed by atoms with Gasteiger partial charge in [-0.3, -0.25) is 9.36 Å². The quantitative estimate of drug-likeness (QED) is 0.411. The van der Waals surface area contributed by atoms with Crippen LogP contribution in [0.3, 0.4) is 0 Å². The Morgan fingerprint density at radius 2 is 2.10 bits per heavy atom. The lowest BCUT2D eigenvalue weighted by Gasteiger charge is -2.11. The van der Waals surface area contributed by atoms with Gasteiger partial charge >= 0.3 is 0 Å². The van der Waals surface area contributed by atoms with Gasteiger partial charge in [-0.05, 0) is 37.1 Å². The molecule has 0 aromatic carbocycles. The number of rotatable bonds is 4. The summed E-state index contributed by atoms with van der Waals surface area (Å²) in [6.45, 7) is -0.0346. The van der Waals surface area contributed by atoms with Crippen molar-refractivity contribution in [3.8, 4) is 0 Å². The molecule has 10 heteroatoms. The van der Waals surface area contributed by atoms with Gasteiger partial charge in [-0.1, -0.05) is 11.6 Å². The van der Waals surface area contributed by atoms with Crippen molar-refractivity contribution >= 4 is 39.9 Å². The highest BCUT2D eigenvalue weighted by Gasteiger charge is 2.26. The van der Waals surface area contributed by atoms with Gasteiger partial charge in [0, 0.05) is 11.6 Å². The Hall–Kier alpha value is -3.33. The van der Waals surface area contributed by atoms with Crippen molar-refractivity contribution in [1.82, 2.24) is 24.1 Å². The van der Waals surface area contributed by atoms with Gasteiger partial charge < -0.3 is 5.73 Å². The number of aromatic nitrogens is 5. The maximum atomic E-state index is 13.2. The Balaban J connectivity index is 1.65. The van der Waals surface area contributed by atoms with Crippen molar-refractivity contribution in [2.75, 3.05) is 0 Å². The molecule has 0 atom stereocenters.